The average Bonchev–Trinajstić information content (AvgIpc) is 2.52. The third-order valence-electron chi connectivity index (χ3n) is 3.00. The summed E-state index contributed by atoms with van der Waals surface area (Å²) in [7, 11) is 0. The predicted molar refractivity (Wildman–Crippen MR) is 85.6 cm³/mol. The standard InChI is InChI=1S/C17H18BrFO2/c1-2-9-20-15-8-7-13(11-18)17(10-15)21-12-14-5-3-4-6-16(14)19/h3-8,10H,2,9,11-12H2,1H3. The Hall–Kier alpha value is -1.55. The second kappa shape index (κ2) is 8.03. The summed E-state index contributed by atoms with van der Waals surface area (Å²) in [4.78, 5) is 0. The number of hydrogen-bond acceptors (Lipinski definition) is 2. The molecule has 0 aliphatic heterocycles. The van der Waals surface area contributed by atoms with Crippen molar-refractivity contribution in [2.24, 2.45) is 0 Å². The van der Waals surface area contributed by atoms with Gasteiger partial charge in [0.1, 0.15) is 23.9 Å². The Balaban J connectivity index is 2.12. The van der Waals surface area contributed by atoms with E-state index >= 15 is 0 Å². The lowest BCUT2D eigenvalue weighted by Crippen LogP contribution is -2.01. The minimum absolute atomic E-state index is 0.198. The molecule has 0 saturated heterocycles. The Morgan fingerprint density at radius 1 is 1.05 bits per heavy atom. The zero-order chi connectivity index (χ0) is 15.1. The second-order valence-electron chi connectivity index (χ2n) is 4.63. The smallest absolute Gasteiger partial charge is 0.129 e. The van der Waals surface area contributed by atoms with Gasteiger partial charge in [-0.2, -0.15) is 0 Å². The fourth-order valence-corrected chi connectivity index (χ4v) is 2.32. The summed E-state index contributed by atoms with van der Waals surface area (Å²) in [6.45, 7) is 2.92. The van der Waals surface area contributed by atoms with Gasteiger partial charge in [0, 0.05) is 22.5 Å². The van der Waals surface area contributed by atoms with E-state index in [9.17, 15) is 4.39 Å². The summed E-state index contributed by atoms with van der Waals surface area (Å²) in [5.41, 5.74) is 1.55. The van der Waals surface area contributed by atoms with Gasteiger partial charge < -0.3 is 9.47 Å². The Morgan fingerprint density at radius 2 is 1.86 bits per heavy atom. The maximum atomic E-state index is 13.6. The third kappa shape index (κ3) is 4.46. The summed E-state index contributed by atoms with van der Waals surface area (Å²) >= 11 is 3.43. The van der Waals surface area contributed by atoms with Crippen molar-refractivity contribution < 1.29 is 13.9 Å². The molecule has 0 aliphatic rings. The van der Waals surface area contributed by atoms with E-state index in [4.69, 9.17) is 9.47 Å². The molecule has 0 N–H and O–H groups in total. The number of benzene rings is 2. The fraction of sp³-hybridized carbons (Fsp3) is 0.294. The summed E-state index contributed by atoms with van der Waals surface area (Å²) in [6, 6.07) is 12.4. The maximum absolute atomic E-state index is 13.6. The number of alkyl halides is 1. The molecule has 0 aliphatic carbocycles. The molecule has 2 rings (SSSR count). The van der Waals surface area contributed by atoms with Gasteiger partial charge in [0.05, 0.1) is 6.61 Å². The highest BCUT2D eigenvalue weighted by molar-refractivity contribution is 9.08. The van der Waals surface area contributed by atoms with Crippen LogP contribution in [0.1, 0.15) is 24.5 Å². The Morgan fingerprint density at radius 3 is 2.57 bits per heavy atom. The minimum Gasteiger partial charge on any atom is -0.493 e. The molecule has 0 fully saturated rings. The number of rotatable bonds is 7. The lowest BCUT2D eigenvalue weighted by molar-refractivity contribution is 0.289. The van der Waals surface area contributed by atoms with Gasteiger partial charge in [-0.1, -0.05) is 47.1 Å². The van der Waals surface area contributed by atoms with Gasteiger partial charge in [-0.3, -0.25) is 0 Å². The van der Waals surface area contributed by atoms with Crippen LogP contribution in [0.4, 0.5) is 4.39 Å². The molecule has 21 heavy (non-hydrogen) atoms. The molecule has 4 heteroatoms. The lowest BCUT2D eigenvalue weighted by Gasteiger charge is -2.13. The number of halogens is 2. The van der Waals surface area contributed by atoms with Crippen LogP contribution in [0.2, 0.25) is 0 Å². The van der Waals surface area contributed by atoms with Crippen molar-refractivity contribution in [2.75, 3.05) is 6.61 Å². The average molecular weight is 353 g/mol. The molecule has 2 aromatic rings. The van der Waals surface area contributed by atoms with Crippen LogP contribution in [0.3, 0.4) is 0 Å². The predicted octanol–water partition coefficient (Wildman–Crippen LogP) is 5.09. The third-order valence-corrected chi connectivity index (χ3v) is 3.60. The van der Waals surface area contributed by atoms with E-state index in [1.807, 2.05) is 18.2 Å². The highest BCUT2D eigenvalue weighted by atomic mass is 79.9. The van der Waals surface area contributed by atoms with Crippen LogP contribution >= 0.6 is 15.9 Å². The van der Waals surface area contributed by atoms with E-state index in [1.165, 1.54) is 6.07 Å². The SMILES string of the molecule is CCCOc1ccc(CBr)c(OCc2ccccc2F)c1. The first kappa shape index (κ1) is 15.8. The van der Waals surface area contributed by atoms with Crippen molar-refractivity contribution in [1.82, 2.24) is 0 Å². The highest BCUT2D eigenvalue weighted by Gasteiger charge is 2.07. The molecule has 112 valence electrons. The van der Waals surface area contributed by atoms with E-state index in [1.54, 1.807) is 18.2 Å². The van der Waals surface area contributed by atoms with Crippen LogP contribution in [0, 0.1) is 5.82 Å². The van der Waals surface area contributed by atoms with Gasteiger partial charge in [-0.05, 0) is 18.6 Å². The molecular formula is C17H18BrFO2. The van der Waals surface area contributed by atoms with Crippen molar-refractivity contribution >= 4 is 15.9 Å². The minimum atomic E-state index is -0.253. The van der Waals surface area contributed by atoms with Gasteiger partial charge in [-0.25, -0.2) is 4.39 Å². The molecule has 0 bridgehead atoms. The normalized spacial score (nSPS) is 10.4. The van der Waals surface area contributed by atoms with Crippen LogP contribution in [0.25, 0.3) is 0 Å². The molecule has 0 spiro atoms. The summed E-state index contributed by atoms with van der Waals surface area (Å²) in [6.07, 6.45) is 0.950. The topological polar surface area (TPSA) is 18.5 Å². The van der Waals surface area contributed by atoms with Gasteiger partial charge >= 0.3 is 0 Å². The van der Waals surface area contributed by atoms with Gasteiger partial charge in [0.2, 0.25) is 0 Å². The van der Waals surface area contributed by atoms with Crippen molar-refractivity contribution in [3.8, 4) is 11.5 Å². The van der Waals surface area contributed by atoms with Crippen LogP contribution < -0.4 is 9.47 Å². The first-order chi connectivity index (χ1) is 10.2. The second-order valence-corrected chi connectivity index (χ2v) is 5.19. The van der Waals surface area contributed by atoms with E-state index in [2.05, 4.69) is 22.9 Å². The number of ether oxygens (including phenoxy) is 2. The molecule has 0 saturated carbocycles. The van der Waals surface area contributed by atoms with Gasteiger partial charge in [0.25, 0.3) is 0 Å². The Labute approximate surface area is 133 Å². The maximum Gasteiger partial charge on any atom is 0.129 e. The van der Waals surface area contributed by atoms with Crippen LogP contribution in [0.15, 0.2) is 42.5 Å². The Bertz CT molecular complexity index is 587. The fourth-order valence-electron chi connectivity index (χ4n) is 1.86. The first-order valence-corrected chi connectivity index (χ1v) is 8.04. The van der Waals surface area contributed by atoms with E-state index in [0.29, 0.717) is 23.2 Å². The van der Waals surface area contributed by atoms with E-state index in [0.717, 1.165) is 17.7 Å². The molecule has 0 radical (unpaired) electrons. The van der Waals surface area contributed by atoms with Crippen molar-refractivity contribution in [3.05, 3.63) is 59.4 Å². The molecule has 2 nitrogen and oxygen atoms in total. The molecule has 0 heterocycles. The summed E-state index contributed by atoms with van der Waals surface area (Å²) < 4.78 is 25.0. The van der Waals surface area contributed by atoms with Gasteiger partial charge in [-0.15, -0.1) is 0 Å². The molecule has 0 amide bonds. The molecule has 0 atom stereocenters. The zero-order valence-electron chi connectivity index (χ0n) is 11.9. The Kier molecular flexibility index (Phi) is 6.05. The van der Waals surface area contributed by atoms with Crippen LogP contribution in [0.5, 0.6) is 11.5 Å². The highest BCUT2D eigenvalue weighted by Crippen LogP contribution is 2.28. The van der Waals surface area contributed by atoms with Crippen LogP contribution in [-0.4, -0.2) is 6.61 Å². The van der Waals surface area contributed by atoms with E-state index < -0.39 is 0 Å². The zero-order valence-corrected chi connectivity index (χ0v) is 13.5. The number of hydrogen-bond donors (Lipinski definition) is 0. The van der Waals surface area contributed by atoms with E-state index in [-0.39, 0.29) is 12.4 Å². The van der Waals surface area contributed by atoms with Crippen molar-refractivity contribution in [2.45, 2.75) is 25.3 Å². The largest absolute Gasteiger partial charge is 0.493 e. The molecule has 0 aromatic heterocycles. The van der Waals surface area contributed by atoms with Crippen molar-refractivity contribution in [1.29, 1.82) is 0 Å². The monoisotopic (exact) mass is 352 g/mol. The first-order valence-electron chi connectivity index (χ1n) is 6.92. The summed E-state index contributed by atoms with van der Waals surface area (Å²) in [5.74, 6) is 1.23. The molecular weight excluding hydrogens is 335 g/mol. The quantitative estimate of drug-likeness (QED) is 0.646. The van der Waals surface area contributed by atoms with Crippen LogP contribution in [-0.2, 0) is 11.9 Å². The molecule has 0 unspecified atom stereocenters. The lowest BCUT2D eigenvalue weighted by atomic mass is 10.2. The summed E-state index contributed by atoms with van der Waals surface area (Å²) in [5, 5.41) is 0.674. The van der Waals surface area contributed by atoms with Gasteiger partial charge in [0.15, 0.2) is 0 Å². The molecule has 2 aromatic carbocycles. The van der Waals surface area contributed by atoms with Crippen molar-refractivity contribution in [3.63, 3.8) is 0 Å².